The molecule has 0 atom stereocenters. The number of rotatable bonds is 1. The molecule has 0 bridgehead atoms. The van der Waals surface area contributed by atoms with Crippen LogP contribution in [0, 0.1) is 14.2 Å². The first kappa shape index (κ1) is 10.6. The predicted molar refractivity (Wildman–Crippen MR) is 66.3 cm³/mol. The molecule has 0 aromatic carbocycles. The normalized spacial score (nSPS) is 10.8. The van der Waals surface area contributed by atoms with E-state index in [4.69, 9.17) is 0 Å². The molecular weight excluding hydrogens is 378 g/mol. The van der Waals surface area contributed by atoms with E-state index in [1.807, 2.05) is 6.92 Å². The number of hydrogen-bond acceptors (Lipinski definition) is 2. The fraction of sp³-hybridized carbons (Fsp3) is 0.500. The summed E-state index contributed by atoms with van der Waals surface area (Å²) < 4.78 is 2.22. The number of halogens is 2. The third kappa shape index (κ3) is 2.27. The van der Waals surface area contributed by atoms with Crippen molar-refractivity contribution < 1.29 is 0 Å². The first-order valence-corrected chi connectivity index (χ1v) is 5.87. The van der Waals surface area contributed by atoms with E-state index in [0.717, 1.165) is 18.8 Å². The second-order valence-corrected chi connectivity index (χ2v) is 5.03. The number of hydrogen-bond donors (Lipinski definition) is 0. The number of aromatic nitrogens is 2. The van der Waals surface area contributed by atoms with Gasteiger partial charge < -0.3 is 0 Å². The fourth-order valence-corrected chi connectivity index (χ4v) is 1.68. The number of aryl methyl sites for hydroxylation is 1. The lowest BCUT2D eigenvalue weighted by Gasteiger charge is -2.06. The van der Waals surface area contributed by atoms with Crippen LogP contribution in [0.15, 0.2) is 0 Å². The van der Waals surface area contributed by atoms with E-state index < -0.39 is 0 Å². The predicted octanol–water partition coefficient (Wildman–Crippen LogP) is 3.12. The van der Waals surface area contributed by atoms with Crippen LogP contribution in [0.25, 0.3) is 0 Å². The summed E-state index contributed by atoms with van der Waals surface area (Å²) in [7, 11) is 0. The van der Waals surface area contributed by atoms with Gasteiger partial charge in [0.1, 0.15) is 9.53 Å². The van der Waals surface area contributed by atoms with Gasteiger partial charge in [-0.25, -0.2) is 9.97 Å². The van der Waals surface area contributed by atoms with E-state index in [9.17, 15) is 0 Å². The van der Waals surface area contributed by atoms with Gasteiger partial charge in [0.25, 0.3) is 0 Å². The first-order valence-electron chi connectivity index (χ1n) is 3.72. The van der Waals surface area contributed by atoms with E-state index in [1.165, 1.54) is 0 Å². The highest BCUT2D eigenvalue weighted by atomic mass is 127. The zero-order valence-corrected chi connectivity index (χ0v) is 11.5. The standard InChI is InChI=1S/C8H10I2N2/c1-4(2)8-11-5(3)6(9)7(10)12-8/h4H,1-3H3. The van der Waals surface area contributed by atoms with Crippen LogP contribution in [-0.4, -0.2) is 9.97 Å². The van der Waals surface area contributed by atoms with Crippen LogP contribution in [0.2, 0.25) is 0 Å². The highest BCUT2D eigenvalue weighted by Gasteiger charge is 2.08. The van der Waals surface area contributed by atoms with Gasteiger partial charge in [0.2, 0.25) is 0 Å². The van der Waals surface area contributed by atoms with Crippen LogP contribution < -0.4 is 0 Å². The highest BCUT2D eigenvalue weighted by Crippen LogP contribution is 2.18. The molecule has 0 fully saturated rings. The molecule has 1 rings (SSSR count). The van der Waals surface area contributed by atoms with Crippen molar-refractivity contribution in [1.82, 2.24) is 9.97 Å². The van der Waals surface area contributed by atoms with Crippen LogP contribution in [0.3, 0.4) is 0 Å². The molecule has 2 nitrogen and oxygen atoms in total. The maximum atomic E-state index is 4.41. The Morgan fingerprint density at radius 1 is 1.17 bits per heavy atom. The lowest BCUT2D eigenvalue weighted by Crippen LogP contribution is -2.03. The SMILES string of the molecule is Cc1nc(C(C)C)nc(I)c1I. The molecule has 1 aromatic heterocycles. The molecular formula is C8H10I2N2. The quantitative estimate of drug-likeness (QED) is 0.546. The van der Waals surface area contributed by atoms with Gasteiger partial charge in [0, 0.05) is 5.92 Å². The molecule has 0 amide bonds. The van der Waals surface area contributed by atoms with E-state index in [0.29, 0.717) is 5.92 Å². The Morgan fingerprint density at radius 2 is 1.75 bits per heavy atom. The summed E-state index contributed by atoms with van der Waals surface area (Å²) in [6, 6.07) is 0. The zero-order chi connectivity index (χ0) is 9.30. The van der Waals surface area contributed by atoms with Crippen molar-refractivity contribution in [1.29, 1.82) is 0 Å². The molecule has 0 aliphatic heterocycles. The lowest BCUT2D eigenvalue weighted by atomic mass is 10.2. The van der Waals surface area contributed by atoms with Crippen molar-refractivity contribution in [3.05, 3.63) is 18.8 Å². The minimum Gasteiger partial charge on any atom is -0.237 e. The van der Waals surface area contributed by atoms with Gasteiger partial charge in [-0.05, 0) is 52.1 Å². The van der Waals surface area contributed by atoms with Crippen molar-refractivity contribution in [2.24, 2.45) is 0 Å². The first-order chi connectivity index (χ1) is 5.52. The van der Waals surface area contributed by atoms with Gasteiger partial charge in [-0.3, -0.25) is 0 Å². The van der Waals surface area contributed by atoms with Crippen molar-refractivity contribution in [2.75, 3.05) is 0 Å². The Labute approximate surface area is 99.9 Å². The molecule has 0 saturated carbocycles. The topological polar surface area (TPSA) is 25.8 Å². The molecule has 0 spiro atoms. The molecule has 0 aliphatic carbocycles. The van der Waals surface area contributed by atoms with Gasteiger partial charge in [-0.1, -0.05) is 13.8 Å². The minimum atomic E-state index is 0.411. The van der Waals surface area contributed by atoms with Gasteiger partial charge in [-0.15, -0.1) is 0 Å². The summed E-state index contributed by atoms with van der Waals surface area (Å²) in [5.41, 5.74) is 1.08. The van der Waals surface area contributed by atoms with Crippen molar-refractivity contribution in [3.8, 4) is 0 Å². The molecule has 0 radical (unpaired) electrons. The smallest absolute Gasteiger partial charge is 0.132 e. The summed E-state index contributed by atoms with van der Waals surface area (Å²) in [6.07, 6.45) is 0. The maximum Gasteiger partial charge on any atom is 0.132 e. The van der Waals surface area contributed by atoms with E-state index >= 15 is 0 Å². The molecule has 12 heavy (non-hydrogen) atoms. The van der Waals surface area contributed by atoms with Crippen molar-refractivity contribution >= 4 is 45.2 Å². The summed E-state index contributed by atoms with van der Waals surface area (Å²) >= 11 is 4.53. The van der Waals surface area contributed by atoms with E-state index in [-0.39, 0.29) is 0 Å². The molecule has 1 aromatic rings. The molecule has 0 aliphatic rings. The Balaban J connectivity index is 3.21. The average molecular weight is 388 g/mol. The maximum absolute atomic E-state index is 4.41. The molecule has 4 heteroatoms. The van der Waals surface area contributed by atoms with E-state index in [1.54, 1.807) is 0 Å². The largest absolute Gasteiger partial charge is 0.237 e. The van der Waals surface area contributed by atoms with Crippen LogP contribution >= 0.6 is 45.2 Å². The third-order valence-corrected chi connectivity index (χ3v) is 4.61. The summed E-state index contributed by atoms with van der Waals surface area (Å²) in [4.78, 5) is 8.81. The van der Waals surface area contributed by atoms with Gasteiger partial charge in [0.15, 0.2) is 0 Å². The van der Waals surface area contributed by atoms with Crippen LogP contribution in [0.4, 0.5) is 0 Å². The highest BCUT2D eigenvalue weighted by molar-refractivity contribution is 14.1. The molecule has 66 valence electrons. The molecule has 0 N–H and O–H groups in total. The van der Waals surface area contributed by atoms with Crippen LogP contribution in [0.1, 0.15) is 31.3 Å². The second kappa shape index (κ2) is 4.17. The molecule has 1 heterocycles. The van der Waals surface area contributed by atoms with Gasteiger partial charge in [-0.2, -0.15) is 0 Å². The fourth-order valence-electron chi connectivity index (χ4n) is 0.803. The average Bonchev–Trinajstić information content (AvgIpc) is 1.99. The Morgan fingerprint density at radius 3 is 2.17 bits per heavy atom. The summed E-state index contributed by atoms with van der Waals surface area (Å²) in [5, 5.41) is 0. The van der Waals surface area contributed by atoms with Crippen LogP contribution in [0.5, 0.6) is 0 Å². The molecule has 0 unspecified atom stereocenters. The van der Waals surface area contributed by atoms with Gasteiger partial charge in [0.05, 0.1) is 9.26 Å². The van der Waals surface area contributed by atoms with Crippen LogP contribution in [-0.2, 0) is 0 Å². The Kier molecular flexibility index (Phi) is 3.69. The summed E-state index contributed by atoms with van der Waals surface area (Å²) in [5.74, 6) is 1.35. The Bertz CT molecular complexity index is 274. The second-order valence-electron chi connectivity index (χ2n) is 2.93. The Hall–Kier alpha value is 0.540. The van der Waals surface area contributed by atoms with Crippen molar-refractivity contribution in [3.63, 3.8) is 0 Å². The number of nitrogens with zero attached hydrogens (tertiary/aromatic N) is 2. The zero-order valence-electron chi connectivity index (χ0n) is 7.23. The summed E-state index contributed by atoms with van der Waals surface area (Å²) in [6.45, 7) is 6.24. The van der Waals surface area contributed by atoms with Crippen molar-refractivity contribution in [2.45, 2.75) is 26.7 Å². The lowest BCUT2D eigenvalue weighted by molar-refractivity contribution is 0.757. The monoisotopic (exact) mass is 388 g/mol. The molecule has 0 saturated heterocycles. The van der Waals surface area contributed by atoms with Gasteiger partial charge >= 0.3 is 0 Å². The van der Waals surface area contributed by atoms with E-state index in [2.05, 4.69) is 69.0 Å². The minimum absolute atomic E-state index is 0.411. The third-order valence-electron chi connectivity index (χ3n) is 1.51.